The Hall–Kier alpha value is -7.02. The second-order valence-electron chi connectivity index (χ2n) is 16.4. The molecule has 0 amide bonds. The van der Waals surface area contributed by atoms with Gasteiger partial charge >= 0.3 is 0 Å². The summed E-state index contributed by atoms with van der Waals surface area (Å²) in [5.41, 5.74) is 12.9. The van der Waals surface area contributed by atoms with Crippen molar-refractivity contribution in [3.63, 3.8) is 0 Å². The van der Waals surface area contributed by atoms with E-state index in [1.54, 1.807) is 0 Å². The fourth-order valence-corrected chi connectivity index (χ4v) is 10.3. The SMILES string of the molecule is CC1(C)c2ccccc2-c2ccc(-c3c4ccccc4c(-c4cc5c6ccccc6ccc5c5ccccc45)c4ccc(-c5ccc6ccccc6c5)cc34)cc21. The fraction of sp³-hybridized carbons (Fsp3) is 0.0526. The Balaban J connectivity index is 1.21. The van der Waals surface area contributed by atoms with Crippen LogP contribution in [0.1, 0.15) is 25.0 Å². The van der Waals surface area contributed by atoms with Crippen molar-refractivity contribution in [3.05, 3.63) is 205 Å². The smallest absolute Gasteiger partial charge is 0.0159 e. The zero-order valence-electron chi connectivity index (χ0n) is 32.0. The molecule has 0 unspecified atom stereocenters. The zero-order valence-corrected chi connectivity index (χ0v) is 32.0. The van der Waals surface area contributed by atoms with Crippen molar-refractivity contribution in [1.82, 2.24) is 0 Å². The Morgan fingerprint density at radius 2 is 0.807 bits per heavy atom. The van der Waals surface area contributed by atoms with Gasteiger partial charge in [0.2, 0.25) is 0 Å². The minimum Gasteiger partial charge on any atom is -0.0619 e. The quantitative estimate of drug-likeness (QED) is 0.126. The van der Waals surface area contributed by atoms with Crippen LogP contribution in [0.15, 0.2) is 194 Å². The maximum absolute atomic E-state index is 2.50. The third-order valence-electron chi connectivity index (χ3n) is 13.0. The Labute approximate surface area is 332 Å². The van der Waals surface area contributed by atoms with Crippen LogP contribution in [-0.4, -0.2) is 0 Å². The molecule has 1 aliphatic rings. The molecule has 0 fully saturated rings. The lowest BCUT2D eigenvalue weighted by Gasteiger charge is -2.23. The lowest BCUT2D eigenvalue weighted by Crippen LogP contribution is -2.14. The van der Waals surface area contributed by atoms with E-state index in [9.17, 15) is 0 Å². The van der Waals surface area contributed by atoms with Crippen molar-refractivity contribution in [2.45, 2.75) is 19.3 Å². The van der Waals surface area contributed by atoms with Gasteiger partial charge in [0.15, 0.2) is 0 Å². The number of benzene rings is 11. The van der Waals surface area contributed by atoms with E-state index in [1.165, 1.54) is 120 Å². The first-order chi connectivity index (χ1) is 28.0. The molecule has 0 bridgehead atoms. The summed E-state index contributed by atoms with van der Waals surface area (Å²) < 4.78 is 0. The molecule has 0 saturated carbocycles. The Bertz CT molecular complexity index is 3490. The van der Waals surface area contributed by atoms with Crippen LogP contribution in [0, 0.1) is 0 Å². The van der Waals surface area contributed by atoms with Crippen molar-refractivity contribution in [2.24, 2.45) is 0 Å². The molecule has 0 nitrogen and oxygen atoms in total. The predicted molar refractivity (Wildman–Crippen MR) is 245 cm³/mol. The highest BCUT2D eigenvalue weighted by Crippen LogP contribution is 2.52. The Kier molecular flexibility index (Phi) is 6.78. The third-order valence-corrected chi connectivity index (χ3v) is 13.0. The van der Waals surface area contributed by atoms with Crippen LogP contribution in [0.2, 0.25) is 0 Å². The van der Waals surface area contributed by atoms with Gasteiger partial charge in [-0.15, -0.1) is 0 Å². The molecule has 0 heteroatoms. The minimum atomic E-state index is -0.101. The first-order valence-corrected chi connectivity index (χ1v) is 20.1. The van der Waals surface area contributed by atoms with Crippen LogP contribution < -0.4 is 0 Å². The van der Waals surface area contributed by atoms with E-state index in [-0.39, 0.29) is 5.41 Å². The molecule has 0 saturated heterocycles. The summed E-state index contributed by atoms with van der Waals surface area (Å²) in [6.45, 7) is 4.76. The van der Waals surface area contributed by atoms with Crippen LogP contribution in [0.5, 0.6) is 0 Å². The number of fused-ring (bicyclic) bond motifs is 11. The van der Waals surface area contributed by atoms with Crippen LogP contribution in [0.25, 0.3) is 109 Å². The predicted octanol–water partition coefficient (Wildman–Crippen LogP) is 15.9. The van der Waals surface area contributed by atoms with Gasteiger partial charge in [0.1, 0.15) is 0 Å². The summed E-state index contributed by atoms with van der Waals surface area (Å²) in [6.07, 6.45) is 0. The molecule has 0 radical (unpaired) electrons. The molecule has 266 valence electrons. The topological polar surface area (TPSA) is 0 Å². The molecule has 0 atom stereocenters. The van der Waals surface area contributed by atoms with Gasteiger partial charge in [0, 0.05) is 5.41 Å². The average molecular weight is 723 g/mol. The second kappa shape index (κ2) is 12.0. The van der Waals surface area contributed by atoms with E-state index in [0.717, 1.165) is 0 Å². The monoisotopic (exact) mass is 722 g/mol. The third kappa shape index (κ3) is 4.68. The highest BCUT2D eigenvalue weighted by Gasteiger charge is 2.35. The summed E-state index contributed by atoms with van der Waals surface area (Å²) in [4.78, 5) is 0. The summed E-state index contributed by atoms with van der Waals surface area (Å²) in [6, 6.07) is 73.0. The molecule has 0 aliphatic heterocycles. The Morgan fingerprint density at radius 3 is 1.65 bits per heavy atom. The number of hydrogen-bond donors (Lipinski definition) is 0. The van der Waals surface area contributed by atoms with Crippen LogP contribution >= 0.6 is 0 Å². The van der Waals surface area contributed by atoms with E-state index in [4.69, 9.17) is 0 Å². The van der Waals surface area contributed by atoms with E-state index in [2.05, 4.69) is 208 Å². The molecular weight excluding hydrogens is 685 g/mol. The lowest BCUT2D eigenvalue weighted by molar-refractivity contribution is 0.660. The van der Waals surface area contributed by atoms with Gasteiger partial charge in [-0.05, 0) is 145 Å². The maximum atomic E-state index is 2.50. The van der Waals surface area contributed by atoms with E-state index in [1.807, 2.05) is 0 Å². The standard InChI is InChI=1S/C57H38/c1-57(2)53-22-12-11-19-45(53)46-29-27-40(33-54(46)57)55-47-20-9-10-21-48(47)56(49-30-26-39(32-51(49)55)38-24-23-35-13-3-4-15-37(35)31-38)52-34-50-41-16-6-5-14-36(41)25-28-44(50)42-17-7-8-18-43(42)52/h3-34H,1-2H3. The first-order valence-electron chi connectivity index (χ1n) is 20.1. The fourth-order valence-electron chi connectivity index (χ4n) is 10.3. The molecule has 11 aromatic carbocycles. The summed E-state index contributed by atoms with van der Waals surface area (Å²) in [7, 11) is 0. The van der Waals surface area contributed by atoms with Crippen LogP contribution in [-0.2, 0) is 5.41 Å². The molecule has 12 rings (SSSR count). The van der Waals surface area contributed by atoms with Gasteiger partial charge in [0.05, 0.1) is 0 Å². The maximum Gasteiger partial charge on any atom is 0.0159 e. The number of hydrogen-bond acceptors (Lipinski definition) is 0. The van der Waals surface area contributed by atoms with Crippen molar-refractivity contribution in [2.75, 3.05) is 0 Å². The largest absolute Gasteiger partial charge is 0.0619 e. The average Bonchev–Trinajstić information content (AvgIpc) is 3.50. The molecule has 0 heterocycles. The van der Waals surface area contributed by atoms with Crippen molar-refractivity contribution in [1.29, 1.82) is 0 Å². The van der Waals surface area contributed by atoms with E-state index in [0.29, 0.717) is 0 Å². The molecular formula is C57H38. The van der Waals surface area contributed by atoms with Crippen molar-refractivity contribution in [3.8, 4) is 44.5 Å². The number of rotatable bonds is 3. The lowest BCUT2D eigenvalue weighted by atomic mass is 9.80. The van der Waals surface area contributed by atoms with E-state index >= 15 is 0 Å². The minimum absolute atomic E-state index is 0.101. The van der Waals surface area contributed by atoms with Gasteiger partial charge in [-0.3, -0.25) is 0 Å². The van der Waals surface area contributed by atoms with Crippen LogP contribution in [0.3, 0.4) is 0 Å². The molecule has 57 heavy (non-hydrogen) atoms. The van der Waals surface area contributed by atoms with Gasteiger partial charge in [0.25, 0.3) is 0 Å². The highest BCUT2D eigenvalue weighted by molar-refractivity contribution is 6.28. The van der Waals surface area contributed by atoms with Crippen molar-refractivity contribution < 1.29 is 0 Å². The normalized spacial score (nSPS) is 13.2. The second-order valence-corrected chi connectivity index (χ2v) is 16.4. The molecule has 0 aromatic heterocycles. The zero-order chi connectivity index (χ0) is 37.8. The van der Waals surface area contributed by atoms with E-state index < -0.39 is 0 Å². The summed E-state index contributed by atoms with van der Waals surface area (Å²) in [5, 5.41) is 15.3. The molecule has 0 spiro atoms. The van der Waals surface area contributed by atoms with Gasteiger partial charge < -0.3 is 0 Å². The molecule has 1 aliphatic carbocycles. The van der Waals surface area contributed by atoms with Crippen LogP contribution in [0.4, 0.5) is 0 Å². The van der Waals surface area contributed by atoms with Gasteiger partial charge in [-0.25, -0.2) is 0 Å². The first kappa shape index (κ1) is 32.2. The molecule has 0 N–H and O–H groups in total. The summed E-state index contributed by atoms with van der Waals surface area (Å²) in [5.74, 6) is 0. The Morgan fingerprint density at radius 1 is 0.263 bits per heavy atom. The highest BCUT2D eigenvalue weighted by atomic mass is 14.4. The van der Waals surface area contributed by atoms with Gasteiger partial charge in [-0.2, -0.15) is 0 Å². The summed E-state index contributed by atoms with van der Waals surface area (Å²) >= 11 is 0. The van der Waals surface area contributed by atoms with Crippen molar-refractivity contribution >= 4 is 64.6 Å². The van der Waals surface area contributed by atoms with Gasteiger partial charge in [-0.1, -0.05) is 184 Å². The molecule has 11 aromatic rings.